The first kappa shape index (κ1) is 17.4. The third kappa shape index (κ3) is 3.49. The van der Waals surface area contributed by atoms with E-state index in [4.69, 9.17) is 11.6 Å². The van der Waals surface area contributed by atoms with Crippen molar-refractivity contribution in [1.29, 1.82) is 0 Å². The van der Waals surface area contributed by atoms with Crippen LogP contribution in [0.5, 0.6) is 0 Å². The molecule has 25 heavy (non-hydrogen) atoms. The zero-order valence-corrected chi connectivity index (χ0v) is 15.4. The molecule has 0 unspecified atom stereocenters. The summed E-state index contributed by atoms with van der Waals surface area (Å²) in [6, 6.07) is 9.45. The predicted octanol–water partition coefficient (Wildman–Crippen LogP) is 3.88. The van der Waals surface area contributed by atoms with Gasteiger partial charge in [-0.1, -0.05) is 23.7 Å². The summed E-state index contributed by atoms with van der Waals surface area (Å²) >= 11 is 5.99. The summed E-state index contributed by atoms with van der Waals surface area (Å²) in [5.41, 5.74) is 3.51. The molecule has 0 radical (unpaired) electrons. The highest BCUT2D eigenvalue weighted by Gasteiger charge is 2.18. The average molecular weight is 358 g/mol. The van der Waals surface area contributed by atoms with Gasteiger partial charge in [-0.15, -0.1) is 10.2 Å². The number of hydrogen-bond donors (Lipinski definition) is 0. The van der Waals surface area contributed by atoms with Crippen molar-refractivity contribution in [3.8, 4) is 11.4 Å². The molecule has 0 amide bonds. The monoisotopic (exact) mass is 357 g/mol. The number of nitrogens with zero attached hydrogens (tertiary/aromatic N) is 5. The molecule has 0 atom stereocenters. The molecule has 2 heterocycles. The van der Waals surface area contributed by atoms with Gasteiger partial charge < -0.3 is 4.57 Å². The number of rotatable bonds is 5. The summed E-state index contributed by atoms with van der Waals surface area (Å²) in [4.78, 5) is 14.0. The Bertz CT molecular complexity index is 925. The number of hydrogen-bond acceptors (Lipinski definition) is 4. The molecule has 0 saturated heterocycles. The Morgan fingerprint density at radius 1 is 1.24 bits per heavy atom. The summed E-state index contributed by atoms with van der Waals surface area (Å²) in [7, 11) is 0. The van der Waals surface area contributed by atoms with Gasteiger partial charge in [0.25, 0.3) is 0 Å². The van der Waals surface area contributed by atoms with Crippen LogP contribution < -0.4 is 0 Å². The van der Waals surface area contributed by atoms with Crippen LogP contribution in [-0.4, -0.2) is 30.6 Å². The Hall–Kier alpha value is -2.47. The van der Waals surface area contributed by atoms with Crippen molar-refractivity contribution in [2.24, 2.45) is 0 Å². The van der Waals surface area contributed by atoms with Gasteiger partial charge in [-0.25, -0.2) is 0 Å². The Balaban J connectivity index is 1.82. The van der Waals surface area contributed by atoms with E-state index in [1.54, 1.807) is 12.1 Å². The van der Waals surface area contributed by atoms with E-state index in [2.05, 4.69) is 33.8 Å². The second-order valence-corrected chi connectivity index (χ2v) is 6.76. The number of halogens is 1. The lowest BCUT2D eigenvalue weighted by atomic mass is 10.1. The highest BCUT2D eigenvalue weighted by molar-refractivity contribution is 6.30. The smallest absolute Gasteiger partial charge is 0.204 e. The molecule has 3 rings (SSSR count). The van der Waals surface area contributed by atoms with E-state index in [9.17, 15) is 4.79 Å². The number of carbonyl (C=O) groups excluding carboxylic acids is 1. The highest BCUT2D eigenvalue weighted by atomic mass is 35.5. The van der Waals surface area contributed by atoms with Gasteiger partial charge in [0.15, 0.2) is 5.78 Å². The number of aromatic nitrogens is 5. The second-order valence-electron chi connectivity index (χ2n) is 6.33. The Labute approximate surface area is 151 Å². The molecular formula is C18H20ClN5O. The van der Waals surface area contributed by atoms with Crippen molar-refractivity contribution < 1.29 is 4.79 Å². The highest BCUT2D eigenvalue weighted by Crippen LogP contribution is 2.21. The summed E-state index contributed by atoms with van der Waals surface area (Å²) in [5, 5.41) is 12.9. The lowest BCUT2D eigenvalue weighted by Gasteiger charge is -2.13. The fourth-order valence-corrected chi connectivity index (χ4v) is 3.31. The standard InChI is InChI=1S/C18H20ClN5O/c1-11(2)24-12(3)8-16(13(24)4)17(25)10-23-21-18(20-22-23)14-6-5-7-15(19)9-14/h5-9,11H,10H2,1-4H3. The summed E-state index contributed by atoms with van der Waals surface area (Å²) < 4.78 is 2.15. The quantitative estimate of drug-likeness (QED) is 0.650. The van der Waals surface area contributed by atoms with E-state index in [1.807, 2.05) is 32.0 Å². The van der Waals surface area contributed by atoms with Gasteiger partial charge in [0.1, 0.15) is 6.54 Å². The number of ketones is 1. The molecule has 0 fully saturated rings. The van der Waals surface area contributed by atoms with Gasteiger partial charge in [-0.3, -0.25) is 4.79 Å². The van der Waals surface area contributed by atoms with Gasteiger partial charge in [-0.2, -0.15) is 4.80 Å². The van der Waals surface area contributed by atoms with Crippen LogP contribution in [0, 0.1) is 13.8 Å². The Kier molecular flexibility index (Phi) is 4.72. The normalized spacial score (nSPS) is 11.3. The van der Waals surface area contributed by atoms with Crippen molar-refractivity contribution in [3.05, 3.63) is 52.3 Å². The van der Waals surface area contributed by atoms with Crippen LogP contribution in [-0.2, 0) is 6.54 Å². The molecule has 0 aliphatic rings. The maximum absolute atomic E-state index is 12.7. The lowest BCUT2D eigenvalue weighted by molar-refractivity contribution is 0.0960. The molecule has 7 heteroatoms. The van der Waals surface area contributed by atoms with Gasteiger partial charge >= 0.3 is 0 Å². The van der Waals surface area contributed by atoms with Crippen molar-refractivity contribution in [2.75, 3.05) is 0 Å². The van der Waals surface area contributed by atoms with Crippen LogP contribution in [0.15, 0.2) is 30.3 Å². The zero-order chi connectivity index (χ0) is 18.1. The van der Waals surface area contributed by atoms with Crippen LogP contribution >= 0.6 is 11.6 Å². The minimum atomic E-state index is -0.0324. The van der Waals surface area contributed by atoms with Crippen molar-refractivity contribution >= 4 is 17.4 Å². The van der Waals surface area contributed by atoms with E-state index in [0.29, 0.717) is 22.5 Å². The van der Waals surface area contributed by atoms with Crippen molar-refractivity contribution in [3.63, 3.8) is 0 Å². The molecule has 6 nitrogen and oxygen atoms in total. The molecule has 0 N–H and O–H groups in total. The number of aryl methyl sites for hydroxylation is 1. The number of benzene rings is 1. The van der Waals surface area contributed by atoms with E-state index in [-0.39, 0.29) is 12.3 Å². The first-order valence-corrected chi connectivity index (χ1v) is 8.50. The van der Waals surface area contributed by atoms with Gasteiger partial charge in [0.2, 0.25) is 5.82 Å². The molecule has 1 aromatic carbocycles. The van der Waals surface area contributed by atoms with Crippen LogP contribution in [0.3, 0.4) is 0 Å². The van der Waals surface area contributed by atoms with Gasteiger partial charge in [0.05, 0.1) is 0 Å². The third-order valence-electron chi connectivity index (χ3n) is 4.12. The van der Waals surface area contributed by atoms with E-state index in [1.165, 1.54) is 4.80 Å². The lowest BCUT2D eigenvalue weighted by Crippen LogP contribution is -2.14. The third-order valence-corrected chi connectivity index (χ3v) is 4.36. The first-order valence-electron chi connectivity index (χ1n) is 8.12. The molecular weight excluding hydrogens is 338 g/mol. The van der Waals surface area contributed by atoms with Gasteiger partial charge in [0, 0.05) is 33.6 Å². The molecule has 0 bridgehead atoms. The predicted molar refractivity (Wildman–Crippen MR) is 96.9 cm³/mol. The molecule has 130 valence electrons. The van der Waals surface area contributed by atoms with Crippen molar-refractivity contribution in [1.82, 2.24) is 24.8 Å². The fourth-order valence-electron chi connectivity index (χ4n) is 3.12. The maximum Gasteiger partial charge on any atom is 0.204 e. The van der Waals surface area contributed by atoms with Crippen LogP contribution in [0.1, 0.15) is 41.6 Å². The zero-order valence-electron chi connectivity index (χ0n) is 14.7. The first-order chi connectivity index (χ1) is 11.9. The Morgan fingerprint density at radius 2 is 2.00 bits per heavy atom. The topological polar surface area (TPSA) is 65.6 Å². The molecule has 0 saturated carbocycles. The second kappa shape index (κ2) is 6.80. The molecule has 2 aromatic heterocycles. The number of tetrazole rings is 1. The average Bonchev–Trinajstić information content (AvgIpc) is 3.11. The molecule has 0 aliphatic carbocycles. The van der Waals surface area contributed by atoms with E-state index >= 15 is 0 Å². The van der Waals surface area contributed by atoms with Crippen LogP contribution in [0.2, 0.25) is 5.02 Å². The minimum absolute atomic E-state index is 0.0324. The molecule has 0 spiro atoms. The van der Waals surface area contributed by atoms with Crippen LogP contribution in [0.4, 0.5) is 0 Å². The largest absolute Gasteiger partial charge is 0.346 e. The summed E-state index contributed by atoms with van der Waals surface area (Å²) in [6.45, 7) is 8.23. The number of Topliss-reactive ketones (excluding diaryl/α,β-unsaturated/α-hetero) is 1. The minimum Gasteiger partial charge on any atom is -0.346 e. The van der Waals surface area contributed by atoms with Crippen LogP contribution in [0.25, 0.3) is 11.4 Å². The SMILES string of the molecule is Cc1cc(C(=O)Cn2nnc(-c3cccc(Cl)c3)n2)c(C)n1C(C)C. The maximum atomic E-state index is 12.7. The molecule has 0 aliphatic heterocycles. The summed E-state index contributed by atoms with van der Waals surface area (Å²) in [6.07, 6.45) is 0. The Morgan fingerprint density at radius 3 is 2.64 bits per heavy atom. The summed E-state index contributed by atoms with van der Waals surface area (Å²) in [5.74, 6) is 0.415. The molecule has 3 aromatic rings. The van der Waals surface area contributed by atoms with E-state index in [0.717, 1.165) is 17.0 Å². The fraction of sp³-hybridized carbons (Fsp3) is 0.333. The number of carbonyl (C=O) groups is 1. The van der Waals surface area contributed by atoms with Gasteiger partial charge in [-0.05, 0) is 51.1 Å². The van der Waals surface area contributed by atoms with E-state index < -0.39 is 0 Å². The van der Waals surface area contributed by atoms with Crippen molar-refractivity contribution in [2.45, 2.75) is 40.3 Å².